The van der Waals surface area contributed by atoms with E-state index < -0.39 is 5.60 Å². The maximum absolute atomic E-state index is 12.4. The van der Waals surface area contributed by atoms with Gasteiger partial charge in [-0.3, -0.25) is 0 Å². The highest BCUT2D eigenvalue weighted by Crippen LogP contribution is 2.54. The second kappa shape index (κ2) is 7.44. The van der Waals surface area contributed by atoms with Gasteiger partial charge in [-0.15, -0.1) is 0 Å². The van der Waals surface area contributed by atoms with Crippen LogP contribution in [0.25, 0.3) is 11.1 Å². The highest BCUT2D eigenvalue weighted by molar-refractivity contribution is 5.63. The molecule has 148 valence electrons. The fraction of sp³-hybridized carbons (Fsp3) is 0.333. The van der Waals surface area contributed by atoms with E-state index in [1.165, 1.54) is 16.7 Å². The summed E-state index contributed by atoms with van der Waals surface area (Å²) in [6.45, 7) is 3.33. The van der Waals surface area contributed by atoms with Crippen molar-refractivity contribution in [2.45, 2.75) is 31.3 Å². The Morgan fingerprint density at radius 1 is 0.690 bits per heavy atom. The van der Waals surface area contributed by atoms with Gasteiger partial charge < -0.3 is 10.0 Å². The lowest BCUT2D eigenvalue weighted by Gasteiger charge is -2.56. The van der Waals surface area contributed by atoms with Crippen molar-refractivity contribution in [2.24, 2.45) is 5.41 Å². The van der Waals surface area contributed by atoms with E-state index >= 15 is 0 Å². The Labute approximate surface area is 173 Å². The summed E-state index contributed by atoms with van der Waals surface area (Å²) in [6.07, 6.45) is 3.92. The van der Waals surface area contributed by atoms with Gasteiger partial charge in [0.2, 0.25) is 0 Å². The van der Waals surface area contributed by atoms with Crippen LogP contribution in [0.5, 0.6) is 0 Å². The van der Waals surface area contributed by atoms with Crippen LogP contribution in [0, 0.1) is 5.41 Å². The second-order valence-corrected chi connectivity index (χ2v) is 8.84. The molecule has 3 fully saturated rings. The smallest absolute Gasteiger partial charge is 0.0993 e. The molecule has 1 unspecified atom stereocenters. The molecule has 0 amide bonds. The first-order valence-electron chi connectivity index (χ1n) is 10.8. The highest BCUT2D eigenvalue weighted by Gasteiger charge is 2.54. The quantitative estimate of drug-likeness (QED) is 0.649. The second-order valence-electron chi connectivity index (χ2n) is 8.84. The molecule has 1 N–H and O–H groups in total. The molecule has 2 bridgehead atoms. The molecule has 29 heavy (non-hydrogen) atoms. The molecule has 3 aliphatic heterocycles. The van der Waals surface area contributed by atoms with Crippen LogP contribution < -0.4 is 0 Å². The molecule has 0 radical (unpaired) electrons. The molecule has 0 spiro atoms. The van der Waals surface area contributed by atoms with Crippen molar-refractivity contribution in [3.8, 4) is 11.1 Å². The predicted octanol–water partition coefficient (Wildman–Crippen LogP) is 5.27. The molecular weight excluding hydrogens is 354 g/mol. The summed E-state index contributed by atoms with van der Waals surface area (Å²) >= 11 is 0. The lowest BCUT2D eigenvalue weighted by molar-refractivity contribution is -0.150. The Morgan fingerprint density at radius 3 is 1.79 bits per heavy atom. The number of aliphatic hydroxyl groups is 1. The summed E-state index contributed by atoms with van der Waals surface area (Å²) in [7, 11) is 0. The zero-order chi connectivity index (χ0) is 19.7. The topological polar surface area (TPSA) is 23.5 Å². The van der Waals surface area contributed by atoms with Crippen LogP contribution in [-0.4, -0.2) is 29.6 Å². The molecule has 0 saturated carbocycles. The lowest BCUT2D eigenvalue weighted by atomic mass is 9.57. The monoisotopic (exact) mass is 383 g/mol. The standard InChI is InChI=1S/C27H29NO/c29-27(21-22-7-3-1-4-8-22,26-15-18-28(19-16-26)20-17-26)25-13-11-24(12-14-25)23-9-5-2-6-10-23/h1-14,29H,15-21H2. The van der Waals surface area contributed by atoms with Gasteiger partial charge in [0.05, 0.1) is 5.60 Å². The summed E-state index contributed by atoms with van der Waals surface area (Å²) in [4.78, 5) is 2.54. The molecule has 3 aromatic carbocycles. The van der Waals surface area contributed by atoms with Crippen molar-refractivity contribution in [3.05, 3.63) is 96.1 Å². The molecule has 2 nitrogen and oxygen atoms in total. The largest absolute Gasteiger partial charge is 0.384 e. The Hall–Kier alpha value is -2.42. The van der Waals surface area contributed by atoms with Gasteiger partial charge in [0.25, 0.3) is 0 Å². The zero-order valence-electron chi connectivity index (χ0n) is 16.9. The van der Waals surface area contributed by atoms with E-state index in [0.717, 1.165) is 44.5 Å². The summed E-state index contributed by atoms with van der Waals surface area (Å²) in [5, 5.41) is 12.4. The van der Waals surface area contributed by atoms with Gasteiger partial charge in [-0.05, 0) is 61.2 Å². The van der Waals surface area contributed by atoms with Gasteiger partial charge in [0.15, 0.2) is 0 Å². The number of benzene rings is 3. The van der Waals surface area contributed by atoms with Crippen molar-refractivity contribution in [2.75, 3.05) is 19.6 Å². The summed E-state index contributed by atoms with van der Waals surface area (Å²) in [6, 6.07) is 29.7. The van der Waals surface area contributed by atoms with Gasteiger partial charge >= 0.3 is 0 Å². The SMILES string of the molecule is OC(Cc1ccccc1)(c1ccc(-c2ccccc2)cc1)C12CCN(CC1)CC2. The number of hydrogen-bond acceptors (Lipinski definition) is 2. The van der Waals surface area contributed by atoms with Gasteiger partial charge in [-0.2, -0.15) is 0 Å². The first-order chi connectivity index (χ1) is 14.2. The zero-order valence-corrected chi connectivity index (χ0v) is 16.9. The molecule has 0 aliphatic carbocycles. The lowest BCUT2D eigenvalue weighted by Crippen LogP contribution is -2.58. The molecule has 6 rings (SSSR count). The van der Waals surface area contributed by atoms with E-state index in [2.05, 4.69) is 83.8 Å². The Bertz CT molecular complexity index is 929. The fourth-order valence-corrected chi connectivity index (χ4v) is 5.50. The first-order valence-corrected chi connectivity index (χ1v) is 10.8. The maximum Gasteiger partial charge on any atom is 0.0993 e. The number of fused-ring (bicyclic) bond motifs is 3. The molecule has 3 saturated heterocycles. The van der Waals surface area contributed by atoms with Crippen LogP contribution in [0.15, 0.2) is 84.9 Å². The Kier molecular flexibility index (Phi) is 4.77. The van der Waals surface area contributed by atoms with Crippen molar-refractivity contribution in [1.82, 2.24) is 4.90 Å². The van der Waals surface area contributed by atoms with Crippen LogP contribution >= 0.6 is 0 Å². The molecule has 3 heterocycles. The maximum atomic E-state index is 12.4. The van der Waals surface area contributed by atoms with Crippen molar-refractivity contribution < 1.29 is 5.11 Å². The van der Waals surface area contributed by atoms with Gasteiger partial charge in [0, 0.05) is 11.8 Å². The van der Waals surface area contributed by atoms with Crippen LogP contribution in [-0.2, 0) is 12.0 Å². The number of rotatable bonds is 5. The first kappa shape index (κ1) is 18.6. The van der Waals surface area contributed by atoms with E-state index in [-0.39, 0.29) is 5.41 Å². The third kappa shape index (κ3) is 3.31. The molecule has 0 aromatic heterocycles. The average Bonchev–Trinajstić information content (AvgIpc) is 2.81. The Balaban J connectivity index is 1.55. The fourth-order valence-electron chi connectivity index (χ4n) is 5.50. The third-order valence-corrected chi connectivity index (χ3v) is 7.37. The summed E-state index contributed by atoms with van der Waals surface area (Å²) in [5.41, 5.74) is 3.82. The van der Waals surface area contributed by atoms with Crippen molar-refractivity contribution in [3.63, 3.8) is 0 Å². The minimum absolute atomic E-state index is 0.0359. The summed E-state index contributed by atoms with van der Waals surface area (Å²) < 4.78 is 0. The van der Waals surface area contributed by atoms with Crippen LogP contribution in [0.2, 0.25) is 0 Å². The van der Waals surface area contributed by atoms with Gasteiger partial charge in [0.1, 0.15) is 0 Å². The number of nitrogens with zero attached hydrogens (tertiary/aromatic N) is 1. The Morgan fingerprint density at radius 2 is 1.21 bits per heavy atom. The summed E-state index contributed by atoms with van der Waals surface area (Å²) in [5.74, 6) is 0. The van der Waals surface area contributed by atoms with Gasteiger partial charge in [-0.1, -0.05) is 84.9 Å². The van der Waals surface area contributed by atoms with Crippen molar-refractivity contribution in [1.29, 1.82) is 0 Å². The van der Waals surface area contributed by atoms with Gasteiger partial charge in [-0.25, -0.2) is 0 Å². The molecular formula is C27H29NO. The molecule has 1 atom stereocenters. The van der Waals surface area contributed by atoms with E-state index in [1.807, 2.05) is 6.07 Å². The molecule has 3 aromatic rings. The normalized spacial score (nSPS) is 25.5. The van der Waals surface area contributed by atoms with E-state index in [1.54, 1.807) is 0 Å². The van der Waals surface area contributed by atoms with Crippen molar-refractivity contribution >= 4 is 0 Å². The minimum atomic E-state index is -0.837. The number of hydrogen-bond donors (Lipinski definition) is 1. The van der Waals surface area contributed by atoms with E-state index in [0.29, 0.717) is 6.42 Å². The van der Waals surface area contributed by atoms with Crippen LogP contribution in [0.1, 0.15) is 30.4 Å². The van der Waals surface area contributed by atoms with Crippen LogP contribution in [0.4, 0.5) is 0 Å². The van der Waals surface area contributed by atoms with E-state index in [4.69, 9.17) is 0 Å². The highest BCUT2D eigenvalue weighted by atomic mass is 16.3. The minimum Gasteiger partial charge on any atom is -0.384 e. The average molecular weight is 384 g/mol. The van der Waals surface area contributed by atoms with E-state index in [9.17, 15) is 5.11 Å². The van der Waals surface area contributed by atoms with Crippen LogP contribution in [0.3, 0.4) is 0 Å². The molecule has 2 heteroatoms. The third-order valence-electron chi connectivity index (χ3n) is 7.37. The molecule has 3 aliphatic rings. The predicted molar refractivity (Wildman–Crippen MR) is 119 cm³/mol. The number of piperidine rings is 3.